The lowest BCUT2D eigenvalue weighted by Crippen LogP contribution is -2.14. The Bertz CT molecular complexity index is 909. The average Bonchev–Trinajstić information content (AvgIpc) is 3.06. The molecule has 134 valence electrons. The number of aromatic nitrogens is 2. The molecule has 3 aromatic rings. The summed E-state index contributed by atoms with van der Waals surface area (Å²) < 4.78 is 5.24. The summed E-state index contributed by atoms with van der Waals surface area (Å²) in [7, 11) is 0. The smallest absolute Gasteiger partial charge is 0.227 e. The fourth-order valence-corrected chi connectivity index (χ4v) is 3.00. The van der Waals surface area contributed by atoms with Crippen molar-refractivity contribution in [3.8, 4) is 11.4 Å². The maximum absolute atomic E-state index is 12.3. The van der Waals surface area contributed by atoms with Gasteiger partial charge in [-0.15, -0.1) is 0 Å². The normalized spacial score (nSPS) is 10.8. The van der Waals surface area contributed by atoms with Crippen molar-refractivity contribution in [1.82, 2.24) is 10.1 Å². The fourth-order valence-electron chi connectivity index (χ4n) is 2.87. The number of aryl methyl sites for hydroxylation is 4. The first-order valence-corrected chi connectivity index (χ1v) is 8.76. The highest BCUT2D eigenvalue weighted by molar-refractivity contribution is 6.30. The Hall–Kier alpha value is -2.66. The highest BCUT2D eigenvalue weighted by Crippen LogP contribution is 2.22. The number of benzene rings is 2. The largest absolute Gasteiger partial charge is 0.339 e. The van der Waals surface area contributed by atoms with Crippen LogP contribution in [0.4, 0.5) is 5.69 Å². The molecular formula is C20H20ClN3O2. The van der Waals surface area contributed by atoms with Crippen LogP contribution in [0.15, 0.2) is 40.9 Å². The van der Waals surface area contributed by atoms with Crippen LogP contribution in [0, 0.1) is 20.8 Å². The molecule has 0 saturated carbocycles. The number of halogens is 1. The number of carbonyl (C=O) groups excluding carboxylic acids is 1. The minimum Gasteiger partial charge on any atom is -0.339 e. The Morgan fingerprint density at radius 3 is 2.42 bits per heavy atom. The van der Waals surface area contributed by atoms with Crippen LogP contribution < -0.4 is 5.32 Å². The number of hydrogen-bond acceptors (Lipinski definition) is 4. The number of anilines is 1. The van der Waals surface area contributed by atoms with E-state index in [1.807, 2.05) is 32.9 Å². The second kappa shape index (κ2) is 7.70. The van der Waals surface area contributed by atoms with E-state index in [1.54, 1.807) is 12.1 Å². The van der Waals surface area contributed by atoms with Gasteiger partial charge in [-0.1, -0.05) is 34.5 Å². The first-order chi connectivity index (χ1) is 12.4. The summed E-state index contributed by atoms with van der Waals surface area (Å²) in [6, 6.07) is 11.3. The maximum atomic E-state index is 12.3. The average molecular weight is 370 g/mol. The molecule has 5 nitrogen and oxygen atoms in total. The lowest BCUT2D eigenvalue weighted by Gasteiger charge is -2.12. The fraction of sp³-hybridized carbons (Fsp3) is 0.250. The van der Waals surface area contributed by atoms with Crippen LogP contribution in [0.1, 0.15) is 29.0 Å². The number of rotatable bonds is 5. The molecule has 0 atom stereocenters. The van der Waals surface area contributed by atoms with Crippen LogP contribution in [0.5, 0.6) is 0 Å². The standard InChI is InChI=1S/C20H20ClN3O2/c1-12-10-13(2)19(14(3)11-12)22-17(25)8-9-18-23-20(24-26-18)15-4-6-16(21)7-5-15/h4-7,10-11H,8-9H2,1-3H3,(H,22,25). The summed E-state index contributed by atoms with van der Waals surface area (Å²) in [6.45, 7) is 6.03. The molecule has 0 bridgehead atoms. The minimum atomic E-state index is -0.0775. The Morgan fingerprint density at radius 2 is 1.77 bits per heavy atom. The first-order valence-electron chi connectivity index (χ1n) is 8.38. The number of amides is 1. The zero-order valence-electron chi connectivity index (χ0n) is 15.0. The van der Waals surface area contributed by atoms with Crippen molar-refractivity contribution in [3.63, 3.8) is 0 Å². The zero-order chi connectivity index (χ0) is 18.7. The van der Waals surface area contributed by atoms with E-state index in [1.165, 1.54) is 5.56 Å². The van der Waals surface area contributed by atoms with Gasteiger partial charge in [0.15, 0.2) is 0 Å². The topological polar surface area (TPSA) is 68.0 Å². The Morgan fingerprint density at radius 1 is 1.12 bits per heavy atom. The minimum absolute atomic E-state index is 0.0775. The van der Waals surface area contributed by atoms with Gasteiger partial charge in [0.25, 0.3) is 0 Å². The lowest BCUT2D eigenvalue weighted by molar-refractivity contribution is -0.116. The van der Waals surface area contributed by atoms with E-state index in [4.69, 9.17) is 16.1 Å². The Kier molecular flexibility index (Phi) is 5.38. The highest BCUT2D eigenvalue weighted by Gasteiger charge is 2.12. The monoisotopic (exact) mass is 369 g/mol. The van der Waals surface area contributed by atoms with E-state index in [-0.39, 0.29) is 12.3 Å². The predicted octanol–water partition coefficient (Wildman–Crippen LogP) is 4.89. The summed E-state index contributed by atoms with van der Waals surface area (Å²) in [5.74, 6) is 0.844. The van der Waals surface area contributed by atoms with Crippen LogP contribution in [-0.2, 0) is 11.2 Å². The maximum Gasteiger partial charge on any atom is 0.227 e. The third-order valence-corrected chi connectivity index (χ3v) is 4.33. The molecular weight excluding hydrogens is 350 g/mol. The second-order valence-electron chi connectivity index (χ2n) is 6.34. The van der Waals surface area contributed by atoms with Gasteiger partial charge in [-0.2, -0.15) is 4.98 Å². The molecule has 2 aromatic carbocycles. The van der Waals surface area contributed by atoms with Crippen molar-refractivity contribution in [1.29, 1.82) is 0 Å². The van der Waals surface area contributed by atoms with E-state index in [9.17, 15) is 4.79 Å². The third-order valence-electron chi connectivity index (χ3n) is 4.08. The highest BCUT2D eigenvalue weighted by atomic mass is 35.5. The van der Waals surface area contributed by atoms with Crippen LogP contribution >= 0.6 is 11.6 Å². The van der Waals surface area contributed by atoms with Crippen LogP contribution in [0.2, 0.25) is 5.02 Å². The number of carbonyl (C=O) groups is 1. The van der Waals surface area contributed by atoms with Gasteiger partial charge in [-0.25, -0.2) is 0 Å². The number of hydrogen-bond donors (Lipinski definition) is 1. The molecule has 0 radical (unpaired) electrons. The molecule has 3 rings (SSSR count). The Balaban J connectivity index is 1.61. The van der Waals surface area contributed by atoms with Gasteiger partial charge >= 0.3 is 0 Å². The van der Waals surface area contributed by atoms with Crippen molar-refractivity contribution in [2.75, 3.05) is 5.32 Å². The van der Waals surface area contributed by atoms with Crippen molar-refractivity contribution in [2.24, 2.45) is 0 Å². The molecule has 1 amide bonds. The van der Waals surface area contributed by atoms with E-state index < -0.39 is 0 Å². The van der Waals surface area contributed by atoms with Gasteiger partial charge in [0.05, 0.1) is 0 Å². The molecule has 0 aliphatic carbocycles. The van der Waals surface area contributed by atoms with Gasteiger partial charge in [0, 0.05) is 29.1 Å². The molecule has 0 unspecified atom stereocenters. The molecule has 1 N–H and O–H groups in total. The molecule has 0 aliphatic heterocycles. The molecule has 1 heterocycles. The molecule has 0 fully saturated rings. The Labute approximate surface area is 157 Å². The van der Waals surface area contributed by atoms with Gasteiger partial charge < -0.3 is 9.84 Å². The van der Waals surface area contributed by atoms with E-state index in [2.05, 4.69) is 27.6 Å². The first kappa shape index (κ1) is 18.1. The van der Waals surface area contributed by atoms with Crippen molar-refractivity contribution in [2.45, 2.75) is 33.6 Å². The summed E-state index contributed by atoms with van der Waals surface area (Å²) in [5, 5.41) is 7.58. The van der Waals surface area contributed by atoms with Gasteiger partial charge in [0.1, 0.15) is 0 Å². The molecule has 0 spiro atoms. The molecule has 26 heavy (non-hydrogen) atoms. The third kappa shape index (κ3) is 4.29. The summed E-state index contributed by atoms with van der Waals surface area (Å²) >= 11 is 5.88. The molecule has 1 aromatic heterocycles. The van der Waals surface area contributed by atoms with E-state index in [0.717, 1.165) is 22.4 Å². The van der Waals surface area contributed by atoms with Crippen LogP contribution in [0.3, 0.4) is 0 Å². The summed E-state index contributed by atoms with van der Waals surface area (Å²) in [6.07, 6.45) is 0.658. The van der Waals surface area contributed by atoms with Crippen LogP contribution in [-0.4, -0.2) is 16.0 Å². The van der Waals surface area contributed by atoms with Crippen molar-refractivity contribution in [3.05, 3.63) is 64.0 Å². The lowest BCUT2D eigenvalue weighted by atomic mass is 10.0. The second-order valence-corrected chi connectivity index (χ2v) is 6.78. The predicted molar refractivity (Wildman–Crippen MR) is 102 cm³/mol. The van der Waals surface area contributed by atoms with E-state index >= 15 is 0 Å². The van der Waals surface area contributed by atoms with Crippen molar-refractivity contribution >= 4 is 23.2 Å². The van der Waals surface area contributed by atoms with Gasteiger partial charge in [-0.3, -0.25) is 4.79 Å². The van der Waals surface area contributed by atoms with Gasteiger partial charge in [0.2, 0.25) is 17.6 Å². The van der Waals surface area contributed by atoms with Crippen molar-refractivity contribution < 1.29 is 9.32 Å². The van der Waals surface area contributed by atoms with E-state index in [0.29, 0.717) is 23.2 Å². The van der Waals surface area contributed by atoms with Crippen LogP contribution in [0.25, 0.3) is 11.4 Å². The number of nitrogens with zero attached hydrogens (tertiary/aromatic N) is 2. The number of nitrogens with one attached hydrogen (secondary N) is 1. The van der Waals surface area contributed by atoms with Gasteiger partial charge in [-0.05, 0) is 56.2 Å². The molecule has 0 saturated heterocycles. The quantitative estimate of drug-likeness (QED) is 0.695. The molecule has 0 aliphatic rings. The summed E-state index contributed by atoms with van der Waals surface area (Å²) in [5.41, 5.74) is 4.98. The molecule has 6 heteroatoms. The SMILES string of the molecule is Cc1cc(C)c(NC(=O)CCc2nc(-c3ccc(Cl)cc3)no2)c(C)c1. The zero-order valence-corrected chi connectivity index (χ0v) is 15.7. The summed E-state index contributed by atoms with van der Waals surface area (Å²) in [4.78, 5) is 16.6.